The van der Waals surface area contributed by atoms with E-state index in [2.05, 4.69) is 0 Å². The minimum Gasteiger partial charge on any atom is -0.486 e. The van der Waals surface area contributed by atoms with E-state index in [1.165, 1.54) is 6.42 Å². The molecule has 1 aliphatic heterocycles. The largest absolute Gasteiger partial charge is 0.486 e. The Hall–Kier alpha value is -1.42. The Bertz CT molecular complexity index is 502. The van der Waals surface area contributed by atoms with Crippen molar-refractivity contribution in [2.45, 2.75) is 25.3 Å². The van der Waals surface area contributed by atoms with Gasteiger partial charge >= 0.3 is 0 Å². The number of hydrogen-bond acceptors (Lipinski definition) is 3. The van der Waals surface area contributed by atoms with Crippen LogP contribution in [0, 0.1) is 0 Å². The first-order valence-corrected chi connectivity index (χ1v) is 7.59. The van der Waals surface area contributed by atoms with Crippen LogP contribution in [0.3, 0.4) is 0 Å². The quantitative estimate of drug-likeness (QED) is 0.802. The Morgan fingerprint density at radius 2 is 2.00 bits per heavy atom. The zero-order valence-corrected chi connectivity index (χ0v) is 12.1. The first-order valence-electron chi connectivity index (χ1n) is 7.06. The van der Waals surface area contributed by atoms with Crippen LogP contribution in [0.5, 0.6) is 11.5 Å². The van der Waals surface area contributed by atoms with Gasteiger partial charge in [-0.25, -0.2) is 0 Å². The van der Waals surface area contributed by atoms with E-state index in [-0.39, 0.29) is 5.91 Å². The topological polar surface area (TPSA) is 38.8 Å². The smallest absolute Gasteiger partial charge is 0.254 e. The van der Waals surface area contributed by atoms with Gasteiger partial charge < -0.3 is 14.4 Å². The van der Waals surface area contributed by atoms with Crippen LogP contribution < -0.4 is 9.47 Å². The van der Waals surface area contributed by atoms with E-state index in [4.69, 9.17) is 21.1 Å². The highest BCUT2D eigenvalue weighted by Crippen LogP contribution is 2.32. The standard InChI is InChI=1S/C15H18ClNO3/c16-6-7-17(12-2-1-3-12)15(18)11-4-5-13-14(10-11)20-9-8-19-13/h4-5,10,12H,1-3,6-9H2. The van der Waals surface area contributed by atoms with Crippen molar-refractivity contribution >= 4 is 17.5 Å². The molecule has 1 aromatic rings. The molecule has 5 heteroatoms. The van der Waals surface area contributed by atoms with Gasteiger partial charge in [0.15, 0.2) is 11.5 Å². The maximum Gasteiger partial charge on any atom is 0.254 e. The van der Waals surface area contributed by atoms with Crippen LogP contribution in [0.2, 0.25) is 0 Å². The number of hydrogen-bond donors (Lipinski definition) is 0. The summed E-state index contributed by atoms with van der Waals surface area (Å²) in [6.45, 7) is 1.68. The molecule has 0 spiro atoms. The van der Waals surface area contributed by atoms with Gasteiger partial charge in [0.25, 0.3) is 5.91 Å². The maximum atomic E-state index is 12.6. The van der Waals surface area contributed by atoms with Gasteiger partial charge in [-0.15, -0.1) is 11.6 Å². The molecule has 0 aromatic heterocycles. The molecule has 4 nitrogen and oxygen atoms in total. The average molecular weight is 296 g/mol. The second-order valence-corrected chi connectivity index (χ2v) is 5.51. The van der Waals surface area contributed by atoms with Crippen molar-refractivity contribution in [1.29, 1.82) is 0 Å². The lowest BCUT2D eigenvalue weighted by Gasteiger charge is -2.37. The molecule has 0 radical (unpaired) electrons. The fourth-order valence-electron chi connectivity index (χ4n) is 2.58. The predicted molar refractivity (Wildman–Crippen MR) is 76.8 cm³/mol. The summed E-state index contributed by atoms with van der Waals surface area (Å²) in [5.41, 5.74) is 0.645. The molecule has 0 saturated heterocycles. The lowest BCUT2D eigenvalue weighted by Crippen LogP contribution is -2.45. The van der Waals surface area contributed by atoms with Gasteiger partial charge in [-0.1, -0.05) is 0 Å². The van der Waals surface area contributed by atoms with Crippen molar-refractivity contribution in [3.63, 3.8) is 0 Å². The number of nitrogens with zero attached hydrogens (tertiary/aromatic N) is 1. The molecule has 1 heterocycles. The van der Waals surface area contributed by atoms with E-state index in [9.17, 15) is 4.79 Å². The van der Waals surface area contributed by atoms with Crippen LogP contribution in [0.4, 0.5) is 0 Å². The summed E-state index contributed by atoms with van der Waals surface area (Å²) in [5.74, 6) is 1.86. The molecule has 1 fully saturated rings. The van der Waals surface area contributed by atoms with Crippen LogP contribution >= 0.6 is 11.6 Å². The summed E-state index contributed by atoms with van der Waals surface area (Å²) < 4.78 is 11.0. The van der Waals surface area contributed by atoms with Crippen LogP contribution in [-0.2, 0) is 0 Å². The Balaban J connectivity index is 1.81. The van der Waals surface area contributed by atoms with Crippen molar-refractivity contribution in [3.05, 3.63) is 23.8 Å². The summed E-state index contributed by atoms with van der Waals surface area (Å²) in [7, 11) is 0. The number of halogens is 1. The van der Waals surface area contributed by atoms with Crippen molar-refractivity contribution in [2.75, 3.05) is 25.6 Å². The molecule has 2 aliphatic rings. The number of amides is 1. The van der Waals surface area contributed by atoms with Gasteiger partial charge in [0.05, 0.1) is 0 Å². The third-order valence-electron chi connectivity index (χ3n) is 3.89. The highest BCUT2D eigenvalue weighted by molar-refractivity contribution is 6.18. The normalized spacial score (nSPS) is 17.4. The van der Waals surface area contributed by atoms with Crippen molar-refractivity contribution in [2.24, 2.45) is 0 Å². The van der Waals surface area contributed by atoms with Crippen molar-refractivity contribution in [3.8, 4) is 11.5 Å². The molecule has 20 heavy (non-hydrogen) atoms. The minimum absolute atomic E-state index is 0.0346. The molecule has 3 rings (SSSR count). The highest BCUT2D eigenvalue weighted by Gasteiger charge is 2.29. The Morgan fingerprint density at radius 3 is 2.65 bits per heavy atom. The highest BCUT2D eigenvalue weighted by atomic mass is 35.5. The molecular formula is C15H18ClNO3. The summed E-state index contributed by atoms with van der Waals surface area (Å²) in [6, 6.07) is 5.72. The van der Waals surface area contributed by atoms with E-state index < -0.39 is 0 Å². The molecule has 0 N–H and O–H groups in total. The molecule has 1 aromatic carbocycles. The lowest BCUT2D eigenvalue weighted by atomic mass is 9.91. The minimum atomic E-state index is 0.0346. The van der Waals surface area contributed by atoms with Crippen LogP contribution in [0.25, 0.3) is 0 Å². The zero-order valence-electron chi connectivity index (χ0n) is 11.3. The average Bonchev–Trinajstić information content (AvgIpc) is 2.43. The first kappa shape index (κ1) is 13.6. The molecule has 1 saturated carbocycles. The van der Waals surface area contributed by atoms with Crippen LogP contribution in [0.1, 0.15) is 29.6 Å². The SMILES string of the molecule is O=C(c1ccc2c(c1)OCCO2)N(CCCl)C1CCC1. The summed E-state index contributed by atoms with van der Waals surface area (Å²) in [6.07, 6.45) is 3.35. The van der Waals surface area contributed by atoms with Gasteiger partial charge in [0, 0.05) is 24.0 Å². The van der Waals surface area contributed by atoms with Crippen LogP contribution in [-0.4, -0.2) is 42.5 Å². The van der Waals surface area contributed by atoms with E-state index in [1.54, 1.807) is 18.2 Å². The number of carbonyl (C=O) groups is 1. The third-order valence-corrected chi connectivity index (χ3v) is 4.06. The molecule has 0 atom stereocenters. The van der Waals surface area contributed by atoms with Gasteiger partial charge in [0.2, 0.25) is 0 Å². The fourth-order valence-corrected chi connectivity index (χ4v) is 2.76. The second-order valence-electron chi connectivity index (χ2n) is 5.13. The molecular weight excluding hydrogens is 278 g/mol. The maximum absolute atomic E-state index is 12.6. The molecule has 0 bridgehead atoms. The number of ether oxygens (including phenoxy) is 2. The number of rotatable bonds is 4. The summed E-state index contributed by atoms with van der Waals surface area (Å²) in [4.78, 5) is 14.5. The van der Waals surface area contributed by atoms with Crippen molar-refractivity contribution in [1.82, 2.24) is 4.90 Å². The van der Waals surface area contributed by atoms with Gasteiger partial charge in [-0.3, -0.25) is 4.79 Å². The van der Waals surface area contributed by atoms with E-state index in [0.29, 0.717) is 48.7 Å². The molecule has 0 unspecified atom stereocenters. The number of alkyl halides is 1. The lowest BCUT2D eigenvalue weighted by molar-refractivity contribution is 0.0597. The van der Waals surface area contributed by atoms with E-state index in [1.807, 2.05) is 4.90 Å². The van der Waals surface area contributed by atoms with Gasteiger partial charge in [-0.2, -0.15) is 0 Å². The van der Waals surface area contributed by atoms with Crippen LogP contribution in [0.15, 0.2) is 18.2 Å². The molecule has 1 aliphatic carbocycles. The molecule has 108 valence electrons. The van der Waals surface area contributed by atoms with Gasteiger partial charge in [0.1, 0.15) is 13.2 Å². The fraction of sp³-hybridized carbons (Fsp3) is 0.533. The first-order chi connectivity index (χ1) is 9.79. The number of carbonyl (C=O) groups excluding carboxylic acids is 1. The monoisotopic (exact) mass is 295 g/mol. The van der Waals surface area contributed by atoms with E-state index >= 15 is 0 Å². The zero-order chi connectivity index (χ0) is 13.9. The summed E-state index contributed by atoms with van der Waals surface area (Å²) >= 11 is 5.83. The Morgan fingerprint density at radius 1 is 1.25 bits per heavy atom. The second kappa shape index (κ2) is 5.92. The van der Waals surface area contributed by atoms with Crippen molar-refractivity contribution < 1.29 is 14.3 Å². The molecule has 1 amide bonds. The predicted octanol–water partition coefficient (Wildman–Crippen LogP) is 2.69. The van der Waals surface area contributed by atoms with Gasteiger partial charge in [-0.05, 0) is 37.5 Å². The summed E-state index contributed by atoms with van der Waals surface area (Å²) in [5, 5.41) is 0. The third kappa shape index (κ3) is 2.57. The Kier molecular flexibility index (Phi) is 4.01. The van der Waals surface area contributed by atoms with E-state index in [0.717, 1.165) is 12.8 Å². The number of fused-ring (bicyclic) bond motifs is 1. The number of benzene rings is 1. The Labute approximate surface area is 123 Å².